The lowest BCUT2D eigenvalue weighted by Gasteiger charge is -2.45. The number of aromatic nitrogens is 1. The number of para-hydroxylation sites is 1. The van der Waals surface area contributed by atoms with Crippen molar-refractivity contribution in [2.75, 3.05) is 5.73 Å². The van der Waals surface area contributed by atoms with Gasteiger partial charge in [0, 0.05) is 6.20 Å². The second-order valence-corrected chi connectivity index (χ2v) is 7.51. The van der Waals surface area contributed by atoms with E-state index in [2.05, 4.69) is 10.3 Å². The number of imide groups is 1. The topological polar surface area (TPSA) is 97.6 Å². The first-order chi connectivity index (χ1) is 15.0. The Labute approximate surface area is 180 Å². The van der Waals surface area contributed by atoms with Crippen LogP contribution < -0.4 is 15.8 Å². The maximum atomic E-state index is 13.0. The second-order valence-electron chi connectivity index (χ2n) is 7.51. The fourth-order valence-corrected chi connectivity index (χ4v) is 3.66. The average Bonchev–Trinajstić information content (AvgIpc) is 2.78. The van der Waals surface area contributed by atoms with Gasteiger partial charge in [-0.05, 0) is 48.7 Å². The molecule has 3 amide bonds. The molecule has 3 atom stereocenters. The second kappa shape index (κ2) is 8.87. The van der Waals surface area contributed by atoms with Crippen LogP contribution in [0.25, 0.3) is 0 Å². The van der Waals surface area contributed by atoms with Gasteiger partial charge < -0.3 is 15.8 Å². The Bertz CT molecular complexity index is 1060. The number of carbonyl (C=O) groups excluding carboxylic acids is 2. The van der Waals surface area contributed by atoms with Crippen LogP contribution in [-0.2, 0) is 11.2 Å². The van der Waals surface area contributed by atoms with Gasteiger partial charge in [0.2, 0.25) is 5.91 Å². The first kappa shape index (κ1) is 20.4. The minimum Gasteiger partial charge on any atom is -0.469 e. The number of nitrogens with one attached hydrogen (secondary N) is 1. The molecule has 2 aromatic carbocycles. The Balaban J connectivity index is 1.52. The Morgan fingerprint density at radius 1 is 1.13 bits per heavy atom. The lowest BCUT2D eigenvalue weighted by atomic mass is 9.89. The number of nitrogen functional groups attached to an aromatic ring is 1. The lowest BCUT2D eigenvalue weighted by Crippen LogP contribution is -2.68. The number of rotatable bonds is 6. The highest BCUT2D eigenvalue weighted by Gasteiger charge is 2.52. The van der Waals surface area contributed by atoms with Crippen LogP contribution in [0.5, 0.6) is 5.75 Å². The summed E-state index contributed by atoms with van der Waals surface area (Å²) < 4.78 is 6.05. The number of carbonyl (C=O) groups is 2. The first-order valence-corrected chi connectivity index (χ1v) is 10.1. The van der Waals surface area contributed by atoms with Gasteiger partial charge >= 0.3 is 6.03 Å². The highest BCUT2D eigenvalue weighted by atomic mass is 16.5. The molecule has 4 rings (SSSR count). The van der Waals surface area contributed by atoms with E-state index in [9.17, 15) is 9.59 Å². The number of ether oxygens (including phenoxy) is 1. The number of nitrogens with two attached hydrogens (primary N) is 1. The van der Waals surface area contributed by atoms with Gasteiger partial charge in [0.25, 0.3) is 0 Å². The molecule has 1 fully saturated rings. The van der Waals surface area contributed by atoms with Crippen molar-refractivity contribution in [3.63, 3.8) is 0 Å². The summed E-state index contributed by atoms with van der Waals surface area (Å²) in [5.41, 5.74) is 7.59. The third-order valence-electron chi connectivity index (χ3n) is 5.31. The van der Waals surface area contributed by atoms with Crippen molar-refractivity contribution in [3.8, 4) is 5.75 Å². The Kier molecular flexibility index (Phi) is 5.84. The van der Waals surface area contributed by atoms with Gasteiger partial charge in [-0.15, -0.1) is 0 Å². The van der Waals surface area contributed by atoms with Gasteiger partial charge in [-0.2, -0.15) is 0 Å². The number of β-lactam (4-membered cyclic amide) rings is 1. The van der Waals surface area contributed by atoms with E-state index in [0.717, 1.165) is 16.0 Å². The van der Waals surface area contributed by atoms with E-state index in [1.54, 1.807) is 24.4 Å². The zero-order chi connectivity index (χ0) is 21.8. The number of pyridine rings is 1. The lowest BCUT2D eigenvalue weighted by molar-refractivity contribution is -0.166. The van der Waals surface area contributed by atoms with Crippen LogP contribution in [0.2, 0.25) is 0 Å². The van der Waals surface area contributed by atoms with Crippen LogP contribution in [0, 0.1) is 5.92 Å². The minimum absolute atomic E-state index is 0.252. The summed E-state index contributed by atoms with van der Waals surface area (Å²) in [6, 6.07) is 21.6. The molecule has 7 heteroatoms. The summed E-state index contributed by atoms with van der Waals surface area (Å²) in [7, 11) is 0. The van der Waals surface area contributed by atoms with E-state index < -0.39 is 18.2 Å². The molecule has 1 aliphatic rings. The van der Waals surface area contributed by atoms with Gasteiger partial charge in [-0.1, -0.05) is 48.5 Å². The standard InChI is InChI=1S/C24H24N4O3/c1-16(18-8-4-2-5-9-18)27-24(30)28-22(29)20(14-17-12-13-26-21(25)15-17)23(28)31-19-10-6-3-7-11-19/h2-13,15-16,20,23H,14H2,1H3,(H2,25,26)(H,27,30)/t16-,20+,23-/m1/s1. The number of likely N-dealkylation sites (tertiary alicyclic amines) is 1. The largest absolute Gasteiger partial charge is 0.469 e. The van der Waals surface area contributed by atoms with Gasteiger partial charge in [-0.3, -0.25) is 4.79 Å². The highest BCUT2D eigenvalue weighted by Crippen LogP contribution is 2.33. The summed E-state index contributed by atoms with van der Waals surface area (Å²) in [4.78, 5) is 31.0. The zero-order valence-electron chi connectivity index (χ0n) is 17.1. The molecule has 0 aliphatic carbocycles. The molecule has 7 nitrogen and oxygen atoms in total. The number of anilines is 1. The normalized spacial score (nSPS) is 18.7. The minimum atomic E-state index is -0.715. The molecule has 0 unspecified atom stereocenters. The van der Waals surface area contributed by atoms with Gasteiger partial charge in [0.15, 0.2) is 6.23 Å². The van der Waals surface area contributed by atoms with Crippen molar-refractivity contribution >= 4 is 17.8 Å². The molecule has 1 aromatic heterocycles. The van der Waals surface area contributed by atoms with Crippen LogP contribution in [-0.4, -0.2) is 28.1 Å². The fourth-order valence-electron chi connectivity index (χ4n) is 3.66. The van der Waals surface area contributed by atoms with E-state index in [1.165, 1.54) is 0 Å². The van der Waals surface area contributed by atoms with Crippen LogP contribution in [0.1, 0.15) is 24.1 Å². The van der Waals surface area contributed by atoms with Crippen LogP contribution in [0.3, 0.4) is 0 Å². The monoisotopic (exact) mass is 416 g/mol. The summed E-state index contributed by atoms with van der Waals surface area (Å²) in [5, 5.41) is 2.89. The quantitative estimate of drug-likeness (QED) is 0.599. The van der Waals surface area contributed by atoms with Crippen molar-refractivity contribution in [2.24, 2.45) is 5.92 Å². The maximum absolute atomic E-state index is 13.0. The molecule has 0 saturated carbocycles. The third-order valence-corrected chi connectivity index (χ3v) is 5.31. The van der Waals surface area contributed by atoms with Crippen LogP contribution >= 0.6 is 0 Å². The summed E-state index contributed by atoms with van der Waals surface area (Å²) in [6.45, 7) is 1.88. The molecule has 3 N–H and O–H groups in total. The van der Waals surface area contributed by atoms with E-state index in [-0.39, 0.29) is 11.9 Å². The molecule has 3 aromatic rings. The summed E-state index contributed by atoms with van der Waals surface area (Å²) in [6.07, 6.45) is 1.29. The number of amides is 3. The molecule has 1 aliphatic heterocycles. The number of hydrogen-bond acceptors (Lipinski definition) is 5. The van der Waals surface area contributed by atoms with Crippen molar-refractivity contribution in [3.05, 3.63) is 90.1 Å². The third kappa shape index (κ3) is 4.50. The molecule has 0 radical (unpaired) electrons. The molecule has 2 heterocycles. The predicted octanol–water partition coefficient (Wildman–Crippen LogP) is 3.54. The fraction of sp³-hybridized carbons (Fsp3) is 0.208. The number of nitrogens with zero attached hydrogens (tertiary/aromatic N) is 2. The van der Waals surface area contributed by atoms with E-state index in [0.29, 0.717) is 18.0 Å². The van der Waals surface area contributed by atoms with E-state index >= 15 is 0 Å². The smallest absolute Gasteiger partial charge is 0.327 e. The molecule has 31 heavy (non-hydrogen) atoms. The van der Waals surface area contributed by atoms with Crippen LogP contribution in [0.15, 0.2) is 79.0 Å². The Morgan fingerprint density at radius 2 is 1.81 bits per heavy atom. The Hall–Kier alpha value is -3.87. The molecule has 1 saturated heterocycles. The molecule has 0 spiro atoms. The molecular formula is C24H24N4O3. The summed E-state index contributed by atoms with van der Waals surface area (Å²) in [5.74, 6) is 0.193. The Morgan fingerprint density at radius 3 is 2.48 bits per heavy atom. The van der Waals surface area contributed by atoms with Gasteiger partial charge in [-0.25, -0.2) is 14.7 Å². The predicted molar refractivity (Wildman–Crippen MR) is 117 cm³/mol. The van der Waals surface area contributed by atoms with E-state index in [1.807, 2.05) is 61.5 Å². The van der Waals surface area contributed by atoms with Crippen molar-refractivity contribution in [2.45, 2.75) is 25.6 Å². The van der Waals surface area contributed by atoms with E-state index in [4.69, 9.17) is 10.5 Å². The number of urea groups is 1. The number of hydrogen-bond donors (Lipinski definition) is 2. The van der Waals surface area contributed by atoms with Crippen molar-refractivity contribution in [1.29, 1.82) is 0 Å². The van der Waals surface area contributed by atoms with Crippen molar-refractivity contribution in [1.82, 2.24) is 15.2 Å². The number of benzene rings is 2. The molecule has 0 bridgehead atoms. The maximum Gasteiger partial charge on any atom is 0.327 e. The highest BCUT2D eigenvalue weighted by molar-refractivity contribution is 6.01. The molecule has 158 valence electrons. The van der Waals surface area contributed by atoms with Gasteiger partial charge in [0.1, 0.15) is 11.6 Å². The average molecular weight is 416 g/mol. The SMILES string of the molecule is C[C@@H](NC(=O)N1C(=O)[C@H](Cc2ccnc(N)c2)[C@H]1Oc1ccccc1)c1ccccc1. The first-order valence-electron chi connectivity index (χ1n) is 10.1. The van der Waals surface area contributed by atoms with Crippen LogP contribution in [0.4, 0.5) is 10.6 Å². The summed E-state index contributed by atoms with van der Waals surface area (Å²) >= 11 is 0. The zero-order valence-corrected chi connectivity index (χ0v) is 17.1. The van der Waals surface area contributed by atoms with Crippen molar-refractivity contribution < 1.29 is 14.3 Å². The molecular weight excluding hydrogens is 392 g/mol. The van der Waals surface area contributed by atoms with Gasteiger partial charge in [0.05, 0.1) is 12.0 Å².